The highest BCUT2D eigenvalue weighted by molar-refractivity contribution is 14.0. The van der Waals surface area contributed by atoms with Crippen LogP contribution in [0.3, 0.4) is 0 Å². The van der Waals surface area contributed by atoms with Gasteiger partial charge in [-0.2, -0.15) is 0 Å². The quantitative estimate of drug-likeness (QED) is 0.300. The number of piperidine rings is 1. The van der Waals surface area contributed by atoms with Crippen molar-refractivity contribution < 1.29 is 9.47 Å². The number of methoxy groups -OCH3 is 1. The molecule has 3 rings (SSSR count). The van der Waals surface area contributed by atoms with Crippen LogP contribution in [0, 0.1) is 0 Å². The summed E-state index contributed by atoms with van der Waals surface area (Å²) in [4.78, 5) is 11.3. The molecule has 1 aromatic carbocycles. The van der Waals surface area contributed by atoms with Crippen LogP contribution in [0.2, 0.25) is 0 Å². The van der Waals surface area contributed by atoms with E-state index in [0.717, 1.165) is 43.2 Å². The van der Waals surface area contributed by atoms with Crippen LogP contribution in [0.4, 0.5) is 0 Å². The van der Waals surface area contributed by atoms with Crippen molar-refractivity contribution in [3.05, 3.63) is 48.2 Å². The maximum atomic E-state index is 5.80. The van der Waals surface area contributed by atoms with E-state index in [9.17, 15) is 0 Å². The van der Waals surface area contributed by atoms with Gasteiger partial charge in [-0.05, 0) is 43.5 Å². The molecule has 0 bridgehead atoms. The van der Waals surface area contributed by atoms with Crippen LogP contribution in [0.25, 0.3) is 0 Å². The minimum absolute atomic E-state index is 0. The first-order valence-electron chi connectivity index (χ1n) is 10.7. The third kappa shape index (κ3) is 8.17. The number of benzene rings is 1. The molecular weight excluding hydrogens is 505 g/mol. The molecule has 0 radical (unpaired) electrons. The molecule has 2 heterocycles. The molecule has 0 spiro atoms. The van der Waals surface area contributed by atoms with Gasteiger partial charge in [-0.15, -0.1) is 24.0 Å². The van der Waals surface area contributed by atoms with E-state index >= 15 is 0 Å². The van der Waals surface area contributed by atoms with Crippen molar-refractivity contribution in [1.82, 2.24) is 20.5 Å². The van der Waals surface area contributed by atoms with E-state index in [-0.39, 0.29) is 24.0 Å². The van der Waals surface area contributed by atoms with E-state index in [0.29, 0.717) is 24.2 Å². The number of ether oxygens (including phenoxy) is 2. The Bertz CT molecular complexity index is 808. The lowest BCUT2D eigenvalue weighted by Crippen LogP contribution is -2.48. The van der Waals surface area contributed by atoms with Gasteiger partial charge in [0.25, 0.3) is 0 Å². The number of halogens is 1. The maximum Gasteiger partial charge on any atom is 0.219 e. The van der Waals surface area contributed by atoms with Crippen molar-refractivity contribution in [2.24, 2.45) is 4.99 Å². The first-order chi connectivity index (χ1) is 14.7. The van der Waals surface area contributed by atoms with E-state index in [1.807, 2.05) is 49.6 Å². The Labute approximate surface area is 202 Å². The SMILES string of the molecule is CCCN1CCC(NC(=NC)NCc2ccc(Oc3cccc(OC)c3)nc2)CC1.I. The highest BCUT2D eigenvalue weighted by Gasteiger charge is 2.19. The molecular formula is C23H34IN5O2. The molecule has 0 atom stereocenters. The van der Waals surface area contributed by atoms with Crippen molar-refractivity contribution in [2.75, 3.05) is 33.8 Å². The van der Waals surface area contributed by atoms with Gasteiger partial charge in [0.05, 0.1) is 7.11 Å². The number of likely N-dealkylation sites (tertiary alicyclic amines) is 1. The Hall–Kier alpha value is -2.07. The lowest BCUT2D eigenvalue weighted by Gasteiger charge is -2.32. The molecule has 7 nitrogen and oxygen atoms in total. The van der Waals surface area contributed by atoms with Gasteiger partial charge >= 0.3 is 0 Å². The molecule has 2 N–H and O–H groups in total. The monoisotopic (exact) mass is 539 g/mol. The predicted molar refractivity (Wildman–Crippen MR) is 136 cm³/mol. The Kier molecular flexibility index (Phi) is 10.9. The van der Waals surface area contributed by atoms with E-state index in [4.69, 9.17) is 9.47 Å². The fraction of sp³-hybridized carbons (Fsp3) is 0.478. The van der Waals surface area contributed by atoms with Crippen LogP contribution in [0.1, 0.15) is 31.7 Å². The van der Waals surface area contributed by atoms with Crippen molar-refractivity contribution in [1.29, 1.82) is 0 Å². The molecule has 0 unspecified atom stereocenters. The Morgan fingerprint density at radius 3 is 2.61 bits per heavy atom. The summed E-state index contributed by atoms with van der Waals surface area (Å²) < 4.78 is 11.0. The molecule has 1 aromatic heterocycles. The predicted octanol–water partition coefficient (Wildman–Crippen LogP) is 4.04. The van der Waals surface area contributed by atoms with Gasteiger partial charge in [0.15, 0.2) is 5.96 Å². The second kappa shape index (κ2) is 13.4. The fourth-order valence-corrected chi connectivity index (χ4v) is 3.55. The lowest BCUT2D eigenvalue weighted by molar-refractivity contribution is 0.206. The number of hydrogen-bond donors (Lipinski definition) is 2. The van der Waals surface area contributed by atoms with Crippen molar-refractivity contribution >= 4 is 29.9 Å². The van der Waals surface area contributed by atoms with Gasteiger partial charge in [0.1, 0.15) is 11.5 Å². The first-order valence-corrected chi connectivity index (χ1v) is 10.7. The average molecular weight is 539 g/mol. The number of guanidine groups is 1. The number of pyridine rings is 1. The minimum Gasteiger partial charge on any atom is -0.497 e. The number of hydrogen-bond acceptors (Lipinski definition) is 5. The standard InChI is InChI=1S/C23H33N5O2.HI/c1-4-12-28-13-10-19(11-14-28)27-23(24-2)26-17-18-8-9-22(25-16-18)30-21-7-5-6-20(15-21)29-3;/h5-9,15-16,19H,4,10-14,17H2,1-3H3,(H2,24,26,27);1H. The normalized spacial score (nSPS) is 15.1. The lowest BCUT2D eigenvalue weighted by atomic mass is 10.1. The number of nitrogens with one attached hydrogen (secondary N) is 2. The van der Waals surface area contributed by atoms with Gasteiger partial charge in [-0.1, -0.05) is 19.1 Å². The summed E-state index contributed by atoms with van der Waals surface area (Å²) >= 11 is 0. The first kappa shape index (κ1) is 25.2. The van der Waals surface area contributed by atoms with Gasteiger partial charge in [-0.25, -0.2) is 4.98 Å². The van der Waals surface area contributed by atoms with Crippen molar-refractivity contribution in [3.8, 4) is 17.4 Å². The van der Waals surface area contributed by atoms with Gasteiger partial charge in [-0.3, -0.25) is 4.99 Å². The summed E-state index contributed by atoms with van der Waals surface area (Å²) in [5.74, 6) is 2.83. The van der Waals surface area contributed by atoms with Crippen LogP contribution >= 0.6 is 24.0 Å². The zero-order valence-corrected chi connectivity index (χ0v) is 21.0. The average Bonchev–Trinajstić information content (AvgIpc) is 2.79. The van der Waals surface area contributed by atoms with Gasteiger partial charge in [0, 0.05) is 51.1 Å². The number of rotatable bonds is 8. The molecule has 8 heteroatoms. The van der Waals surface area contributed by atoms with Gasteiger partial charge in [0.2, 0.25) is 5.88 Å². The fourth-order valence-electron chi connectivity index (χ4n) is 3.55. The summed E-state index contributed by atoms with van der Waals surface area (Å²) in [7, 11) is 3.45. The Morgan fingerprint density at radius 1 is 1.19 bits per heavy atom. The molecule has 1 aliphatic heterocycles. The largest absolute Gasteiger partial charge is 0.497 e. The Morgan fingerprint density at radius 2 is 1.97 bits per heavy atom. The highest BCUT2D eigenvalue weighted by Crippen LogP contribution is 2.23. The van der Waals surface area contributed by atoms with E-state index in [1.54, 1.807) is 7.11 Å². The molecule has 1 fully saturated rings. The highest BCUT2D eigenvalue weighted by atomic mass is 127. The van der Waals surface area contributed by atoms with Crippen LogP contribution in [0.5, 0.6) is 17.4 Å². The maximum absolute atomic E-state index is 5.80. The molecule has 1 saturated heterocycles. The summed E-state index contributed by atoms with van der Waals surface area (Å²) in [6.45, 7) is 6.40. The third-order valence-corrected chi connectivity index (χ3v) is 5.21. The van der Waals surface area contributed by atoms with E-state index in [2.05, 4.69) is 32.4 Å². The van der Waals surface area contributed by atoms with Crippen molar-refractivity contribution in [3.63, 3.8) is 0 Å². The number of nitrogens with zero attached hydrogens (tertiary/aromatic N) is 3. The van der Waals surface area contributed by atoms with E-state index < -0.39 is 0 Å². The van der Waals surface area contributed by atoms with Crippen molar-refractivity contribution in [2.45, 2.75) is 38.8 Å². The molecule has 1 aliphatic rings. The molecule has 170 valence electrons. The summed E-state index contributed by atoms with van der Waals surface area (Å²) in [5.41, 5.74) is 1.06. The molecule has 2 aromatic rings. The van der Waals surface area contributed by atoms with Crippen LogP contribution in [0.15, 0.2) is 47.6 Å². The second-order valence-electron chi connectivity index (χ2n) is 7.47. The number of aliphatic imine (C=N–C) groups is 1. The smallest absolute Gasteiger partial charge is 0.219 e. The molecule has 0 saturated carbocycles. The molecule has 0 aliphatic carbocycles. The molecule has 31 heavy (non-hydrogen) atoms. The third-order valence-electron chi connectivity index (χ3n) is 5.21. The van der Waals surface area contributed by atoms with Crippen LogP contribution in [-0.2, 0) is 6.54 Å². The van der Waals surface area contributed by atoms with Gasteiger partial charge < -0.3 is 25.0 Å². The summed E-state index contributed by atoms with van der Waals surface area (Å²) in [6, 6.07) is 11.8. The number of aromatic nitrogens is 1. The molecule has 0 amide bonds. The van der Waals surface area contributed by atoms with Crippen LogP contribution in [-0.4, -0.2) is 55.7 Å². The summed E-state index contributed by atoms with van der Waals surface area (Å²) in [6.07, 6.45) is 5.34. The topological polar surface area (TPSA) is 71.0 Å². The zero-order valence-electron chi connectivity index (χ0n) is 18.6. The zero-order chi connectivity index (χ0) is 21.2. The summed E-state index contributed by atoms with van der Waals surface area (Å²) in [5, 5.41) is 6.93. The van der Waals surface area contributed by atoms with E-state index in [1.165, 1.54) is 13.0 Å². The second-order valence-corrected chi connectivity index (χ2v) is 7.47. The Balaban J connectivity index is 0.00000341. The minimum atomic E-state index is 0. The van der Waals surface area contributed by atoms with Crippen LogP contribution < -0.4 is 20.1 Å².